The van der Waals surface area contributed by atoms with Gasteiger partial charge in [0.05, 0.1) is 6.17 Å². The third kappa shape index (κ3) is 2.33. The van der Waals surface area contributed by atoms with E-state index in [1.807, 2.05) is 37.3 Å². The van der Waals surface area contributed by atoms with E-state index in [2.05, 4.69) is 5.32 Å². The molecule has 1 atom stereocenters. The van der Waals surface area contributed by atoms with Crippen LogP contribution in [0, 0.1) is 0 Å². The van der Waals surface area contributed by atoms with E-state index >= 15 is 0 Å². The second-order valence-electron chi connectivity index (χ2n) is 2.45. The van der Waals surface area contributed by atoms with E-state index in [9.17, 15) is 0 Å². The van der Waals surface area contributed by atoms with Gasteiger partial charge in [-0.3, -0.25) is 5.32 Å². The summed E-state index contributed by atoms with van der Waals surface area (Å²) in [5, 5.41) is 3.14. The molecule has 0 amide bonds. The van der Waals surface area contributed by atoms with E-state index < -0.39 is 0 Å². The second-order valence-corrected chi connectivity index (χ2v) is 2.45. The van der Waals surface area contributed by atoms with E-state index in [0.717, 1.165) is 12.1 Å². The maximum Gasteiger partial charge on any atom is 0.0809 e. The Labute approximate surface area is 67.4 Å². The van der Waals surface area contributed by atoms with Crippen molar-refractivity contribution in [3.8, 4) is 0 Å². The van der Waals surface area contributed by atoms with Gasteiger partial charge in [0.15, 0.2) is 0 Å². The lowest BCUT2D eigenvalue weighted by atomic mass is 10.2. The van der Waals surface area contributed by atoms with Crippen molar-refractivity contribution in [3.05, 3.63) is 35.9 Å². The third-order valence-electron chi connectivity index (χ3n) is 1.58. The normalized spacial score (nSPS) is 12.9. The first kappa shape index (κ1) is 8.24. The largest absolute Gasteiger partial charge is 0.312 e. The predicted octanol–water partition coefficient (Wildman–Crippen LogP) is 1.25. The molecule has 0 saturated heterocycles. The summed E-state index contributed by atoms with van der Waals surface area (Å²) in [4.78, 5) is 0. The highest BCUT2D eigenvalue weighted by Gasteiger charge is 2.00. The van der Waals surface area contributed by atoms with Crippen molar-refractivity contribution in [2.24, 2.45) is 5.73 Å². The van der Waals surface area contributed by atoms with Crippen LogP contribution < -0.4 is 11.1 Å². The molecule has 0 radical (unpaired) electrons. The fourth-order valence-corrected chi connectivity index (χ4v) is 0.998. The Balaban J connectivity index is 2.61. The van der Waals surface area contributed by atoms with Crippen LogP contribution in [0.2, 0.25) is 0 Å². The van der Waals surface area contributed by atoms with Crippen molar-refractivity contribution in [2.75, 3.05) is 6.54 Å². The van der Waals surface area contributed by atoms with Gasteiger partial charge in [0, 0.05) is 0 Å². The zero-order valence-corrected chi connectivity index (χ0v) is 6.75. The highest BCUT2D eigenvalue weighted by Crippen LogP contribution is 2.04. The Bertz CT molecular complexity index is 196. The summed E-state index contributed by atoms with van der Waals surface area (Å²) in [6.45, 7) is 2.94. The van der Waals surface area contributed by atoms with Gasteiger partial charge in [0.2, 0.25) is 0 Å². The van der Waals surface area contributed by atoms with Crippen LogP contribution in [0.25, 0.3) is 0 Å². The van der Waals surface area contributed by atoms with E-state index in [-0.39, 0.29) is 6.17 Å². The van der Waals surface area contributed by atoms with Gasteiger partial charge in [-0.05, 0) is 12.1 Å². The van der Waals surface area contributed by atoms with Crippen molar-refractivity contribution in [1.29, 1.82) is 0 Å². The van der Waals surface area contributed by atoms with E-state index in [4.69, 9.17) is 5.73 Å². The predicted molar refractivity (Wildman–Crippen MR) is 47.0 cm³/mol. The van der Waals surface area contributed by atoms with Crippen LogP contribution >= 0.6 is 0 Å². The number of hydrogen-bond donors (Lipinski definition) is 2. The average molecular weight is 150 g/mol. The molecule has 1 unspecified atom stereocenters. The Morgan fingerprint density at radius 1 is 1.36 bits per heavy atom. The van der Waals surface area contributed by atoms with Gasteiger partial charge in [0.25, 0.3) is 0 Å². The molecule has 1 rings (SSSR count). The summed E-state index contributed by atoms with van der Waals surface area (Å²) in [7, 11) is 0. The van der Waals surface area contributed by atoms with Gasteiger partial charge in [0.1, 0.15) is 0 Å². The molecule has 0 bridgehead atoms. The van der Waals surface area contributed by atoms with Gasteiger partial charge in [-0.2, -0.15) is 0 Å². The minimum atomic E-state index is -0.0267. The number of nitrogens with two attached hydrogens (primary N) is 1. The minimum Gasteiger partial charge on any atom is -0.312 e. The van der Waals surface area contributed by atoms with Gasteiger partial charge >= 0.3 is 0 Å². The van der Waals surface area contributed by atoms with E-state index in [0.29, 0.717) is 0 Å². The van der Waals surface area contributed by atoms with Crippen molar-refractivity contribution < 1.29 is 0 Å². The van der Waals surface area contributed by atoms with Crippen LogP contribution in [0.4, 0.5) is 0 Å². The summed E-state index contributed by atoms with van der Waals surface area (Å²) in [6, 6.07) is 10.0. The van der Waals surface area contributed by atoms with E-state index in [1.54, 1.807) is 0 Å². The summed E-state index contributed by atoms with van der Waals surface area (Å²) in [5.41, 5.74) is 6.93. The smallest absolute Gasteiger partial charge is 0.0809 e. The molecule has 2 nitrogen and oxygen atoms in total. The Hall–Kier alpha value is -0.860. The molecule has 60 valence electrons. The van der Waals surface area contributed by atoms with Gasteiger partial charge < -0.3 is 5.73 Å². The lowest BCUT2D eigenvalue weighted by Crippen LogP contribution is -2.28. The SMILES string of the molecule is CCNC(N)c1ccccc1. The first-order valence-corrected chi connectivity index (χ1v) is 3.88. The molecule has 0 saturated carbocycles. The molecule has 0 heterocycles. The molecule has 0 fully saturated rings. The standard InChI is InChI=1S/C9H14N2/c1-2-11-9(10)8-6-4-3-5-7-8/h3-7,9,11H,2,10H2,1H3. The fraction of sp³-hybridized carbons (Fsp3) is 0.333. The molecule has 1 aromatic carbocycles. The number of rotatable bonds is 3. The van der Waals surface area contributed by atoms with Crippen molar-refractivity contribution >= 4 is 0 Å². The van der Waals surface area contributed by atoms with Crippen molar-refractivity contribution in [1.82, 2.24) is 5.32 Å². The van der Waals surface area contributed by atoms with Crippen LogP contribution in [-0.4, -0.2) is 6.54 Å². The average Bonchev–Trinajstić information content (AvgIpc) is 2.07. The molecule has 3 N–H and O–H groups in total. The van der Waals surface area contributed by atoms with Crippen molar-refractivity contribution in [3.63, 3.8) is 0 Å². The molecule has 11 heavy (non-hydrogen) atoms. The number of hydrogen-bond acceptors (Lipinski definition) is 2. The molecule has 0 spiro atoms. The summed E-state index contributed by atoms with van der Waals surface area (Å²) in [5.74, 6) is 0. The minimum absolute atomic E-state index is 0.0267. The monoisotopic (exact) mass is 150 g/mol. The summed E-state index contributed by atoms with van der Waals surface area (Å²) >= 11 is 0. The van der Waals surface area contributed by atoms with Gasteiger partial charge in [-0.25, -0.2) is 0 Å². The molecule has 0 aromatic heterocycles. The Morgan fingerprint density at radius 2 is 2.00 bits per heavy atom. The van der Waals surface area contributed by atoms with Gasteiger partial charge in [-0.15, -0.1) is 0 Å². The molecule has 2 heteroatoms. The third-order valence-corrected chi connectivity index (χ3v) is 1.58. The second kappa shape index (κ2) is 4.11. The fourth-order valence-electron chi connectivity index (χ4n) is 0.998. The lowest BCUT2D eigenvalue weighted by Gasteiger charge is -2.11. The van der Waals surface area contributed by atoms with E-state index in [1.165, 1.54) is 0 Å². The molecular weight excluding hydrogens is 136 g/mol. The maximum atomic E-state index is 5.79. The molecule has 1 aromatic rings. The zero-order chi connectivity index (χ0) is 8.10. The van der Waals surface area contributed by atoms with Crippen LogP contribution in [0.1, 0.15) is 18.7 Å². The first-order chi connectivity index (χ1) is 5.34. The zero-order valence-electron chi connectivity index (χ0n) is 6.75. The molecular formula is C9H14N2. The Kier molecular flexibility index (Phi) is 3.08. The highest BCUT2D eigenvalue weighted by molar-refractivity contribution is 5.17. The van der Waals surface area contributed by atoms with Crippen LogP contribution in [0.3, 0.4) is 0 Å². The molecule has 0 aliphatic carbocycles. The van der Waals surface area contributed by atoms with Crippen molar-refractivity contribution in [2.45, 2.75) is 13.1 Å². The van der Waals surface area contributed by atoms with Crippen LogP contribution in [0.15, 0.2) is 30.3 Å². The first-order valence-electron chi connectivity index (χ1n) is 3.88. The summed E-state index contributed by atoms with van der Waals surface area (Å²) < 4.78 is 0. The topological polar surface area (TPSA) is 38.0 Å². The lowest BCUT2D eigenvalue weighted by molar-refractivity contribution is 0.574. The molecule has 0 aliphatic rings. The Morgan fingerprint density at radius 3 is 2.55 bits per heavy atom. The quantitative estimate of drug-likeness (QED) is 0.636. The van der Waals surface area contributed by atoms with Crippen LogP contribution in [-0.2, 0) is 0 Å². The number of nitrogens with one attached hydrogen (secondary N) is 1. The van der Waals surface area contributed by atoms with Gasteiger partial charge in [-0.1, -0.05) is 37.3 Å². The molecule has 0 aliphatic heterocycles. The van der Waals surface area contributed by atoms with Crippen LogP contribution in [0.5, 0.6) is 0 Å². The highest BCUT2D eigenvalue weighted by atomic mass is 15.0. The number of benzene rings is 1. The maximum absolute atomic E-state index is 5.79. The summed E-state index contributed by atoms with van der Waals surface area (Å²) in [6.07, 6.45) is -0.0267.